The average Bonchev–Trinajstić information content (AvgIpc) is 3.23. The summed E-state index contributed by atoms with van der Waals surface area (Å²) in [7, 11) is -4.06. The molecule has 0 radical (unpaired) electrons. The first-order chi connectivity index (χ1) is 15.7. The van der Waals surface area contributed by atoms with Crippen LogP contribution in [0.15, 0.2) is 59.5 Å². The van der Waals surface area contributed by atoms with E-state index in [1.807, 2.05) is 37.7 Å². The predicted octanol–water partition coefficient (Wildman–Crippen LogP) is 4.58. The van der Waals surface area contributed by atoms with E-state index >= 15 is 0 Å². The van der Waals surface area contributed by atoms with Crippen LogP contribution >= 0.6 is 0 Å². The van der Waals surface area contributed by atoms with E-state index < -0.39 is 27.8 Å². The number of benzene rings is 2. The number of nitrogens with zero attached hydrogens (tertiary/aromatic N) is 2. The number of amides is 1. The Morgan fingerprint density at radius 2 is 1.59 bits per heavy atom. The first-order valence-electron chi connectivity index (χ1n) is 10.4. The van der Waals surface area contributed by atoms with Crippen LogP contribution in [0.4, 0.5) is 13.2 Å². The molecular formula is C23H25F3N4O3S. The van der Waals surface area contributed by atoms with Gasteiger partial charge in [0.05, 0.1) is 16.3 Å². The van der Waals surface area contributed by atoms with E-state index in [0.717, 1.165) is 16.3 Å². The lowest BCUT2D eigenvalue weighted by Gasteiger charge is -2.19. The Bertz CT molecular complexity index is 1270. The lowest BCUT2D eigenvalue weighted by molar-refractivity contribution is -0.141. The molecule has 1 amide bonds. The van der Waals surface area contributed by atoms with Crippen LogP contribution in [0.25, 0.3) is 16.9 Å². The largest absolute Gasteiger partial charge is 0.435 e. The summed E-state index contributed by atoms with van der Waals surface area (Å²) in [4.78, 5) is 13.1. The minimum Gasteiger partial charge on any atom is -0.278 e. The van der Waals surface area contributed by atoms with E-state index in [1.165, 1.54) is 24.3 Å². The first kappa shape index (κ1) is 25.4. The zero-order valence-electron chi connectivity index (χ0n) is 19.1. The van der Waals surface area contributed by atoms with Crippen LogP contribution in [-0.4, -0.2) is 24.1 Å². The summed E-state index contributed by atoms with van der Waals surface area (Å²) >= 11 is 0. The van der Waals surface area contributed by atoms with Gasteiger partial charge in [-0.25, -0.2) is 13.1 Å². The molecule has 0 atom stereocenters. The average molecular weight is 495 g/mol. The van der Waals surface area contributed by atoms with Gasteiger partial charge in [0.25, 0.3) is 10.0 Å². The van der Waals surface area contributed by atoms with E-state index in [0.29, 0.717) is 5.56 Å². The molecule has 2 aromatic carbocycles. The molecule has 182 valence electrons. The summed E-state index contributed by atoms with van der Waals surface area (Å²) < 4.78 is 66.1. The zero-order valence-corrected chi connectivity index (χ0v) is 19.9. The molecule has 0 saturated carbocycles. The Labute approximate surface area is 196 Å². The van der Waals surface area contributed by atoms with Crippen LogP contribution in [0.5, 0.6) is 0 Å². The fourth-order valence-electron chi connectivity index (χ4n) is 3.10. The molecule has 0 unspecified atom stereocenters. The van der Waals surface area contributed by atoms with E-state index in [9.17, 15) is 26.4 Å². The molecule has 3 aromatic rings. The molecule has 0 spiro atoms. The maximum absolute atomic E-state index is 13.4. The number of aromatic nitrogens is 2. The number of nitrogens with one attached hydrogen (secondary N) is 2. The second-order valence-corrected chi connectivity index (χ2v) is 10.3. The molecule has 11 heteroatoms. The van der Waals surface area contributed by atoms with Gasteiger partial charge in [-0.05, 0) is 41.3 Å². The Balaban J connectivity index is 2.01. The molecule has 0 saturated heterocycles. The first-order valence-corrected chi connectivity index (χ1v) is 11.9. The van der Waals surface area contributed by atoms with Crippen molar-refractivity contribution < 1.29 is 26.4 Å². The van der Waals surface area contributed by atoms with Crippen molar-refractivity contribution in [3.63, 3.8) is 0 Å². The highest BCUT2D eigenvalue weighted by molar-refractivity contribution is 7.89. The van der Waals surface area contributed by atoms with Crippen molar-refractivity contribution in [3.05, 3.63) is 65.9 Å². The predicted molar refractivity (Wildman–Crippen MR) is 121 cm³/mol. The summed E-state index contributed by atoms with van der Waals surface area (Å²) in [6.45, 7) is 7.66. The quantitative estimate of drug-likeness (QED) is 0.491. The maximum Gasteiger partial charge on any atom is 0.435 e. The minimum absolute atomic E-state index is 0.0851. The number of hydrogen-bond donors (Lipinski definition) is 2. The molecule has 1 aromatic heterocycles. The standard InChI is InChI=1S/C23H25F3N4O3S/c1-5-21(31)27-29-34(32,33)18-12-10-17(11-13-18)30-19(14-20(28-30)23(24,25)26)15-6-8-16(9-7-15)22(2,3)4/h6-14,29H,5H2,1-4H3,(H,27,31). The Hall–Kier alpha value is -3.18. The second-order valence-electron chi connectivity index (χ2n) is 8.65. The van der Waals surface area contributed by atoms with Gasteiger partial charge in [-0.3, -0.25) is 10.2 Å². The van der Waals surface area contributed by atoms with Crippen LogP contribution in [0, 0.1) is 0 Å². The molecule has 0 aliphatic rings. The highest BCUT2D eigenvalue weighted by Crippen LogP contribution is 2.34. The van der Waals surface area contributed by atoms with Gasteiger partial charge in [-0.15, -0.1) is 4.83 Å². The Kier molecular flexibility index (Phi) is 6.90. The summed E-state index contributed by atoms with van der Waals surface area (Å²) in [6.07, 6.45) is -4.57. The van der Waals surface area contributed by atoms with Gasteiger partial charge in [0, 0.05) is 12.0 Å². The van der Waals surface area contributed by atoms with Gasteiger partial charge in [-0.1, -0.05) is 52.0 Å². The van der Waals surface area contributed by atoms with Crippen LogP contribution in [0.3, 0.4) is 0 Å². The van der Waals surface area contributed by atoms with Crippen LogP contribution in [0.2, 0.25) is 0 Å². The summed E-state index contributed by atoms with van der Waals surface area (Å²) in [5.41, 5.74) is 2.87. The Morgan fingerprint density at radius 3 is 2.09 bits per heavy atom. The molecule has 34 heavy (non-hydrogen) atoms. The van der Waals surface area contributed by atoms with Crippen molar-refractivity contribution in [2.75, 3.05) is 0 Å². The fraction of sp³-hybridized carbons (Fsp3) is 0.304. The molecule has 2 N–H and O–H groups in total. The molecular weight excluding hydrogens is 469 g/mol. The second kappa shape index (κ2) is 9.22. The molecule has 7 nitrogen and oxygen atoms in total. The van der Waals surface area contributed by atoms with Crippen molar-refractivity contribution in [1.29, 1.82) is 0 Å². The van der Waals surface area contributed by atoms with Crippen molar-refractivity contribution >= 4 is 15.9 Å². The van der Waals surface area contributed by atoms with Crippen LogP contribution in [-0.2, 0) is 26.4 Å². The fourth-order valence-corrected chi connectivity index (χ4v) is 3.96. The van der Waals surface area contributed by atoms with Crippen LogP contribution < -0.4 is 10.3 Å². The van der Waals surface area contributed by atoms with Gasteiger partial charge in [0.1, 0.15) is 0 Å². The van der Waals surface area contributed by atoms with Crippen molar-refractivity contribution in [3.8, 4) is 16.9 Å². The van der Waals surface area contributed by atoms with Gasteiger partial charge >= 0.3 is 6.18 Å². The number of sulfonamides is 1. The van der Waals surface area contributed by atoms with Gasteiger partial charge in [-0.2, -0.15) is 18.3 Å². The maximum atomic E-state index is 13.4. The molecule has 3 rings (SSSR count). The third-order valence-electron chi connectivity index (χ3n) is 5.08. The lowest BCUT2D eigenvalue weighted by Crippen LogP contribution is -2.41. The van der Waals surface area contributed by atoms with E-state index in [4.69, 9.17) is 0 Å². The molecule has 1 heterocycles. The molecule has 0 fully saturated rings. The normalized spacial score (nSPS) is 12.6. The van der Waals surface area contributed by atoms with Gasteiger partial charge in [0.2, 0.25) is 5.91 Å². The van der Waals surface area contributed by atoms with Crippen molar-refractivity contribution in [2.24, 2.45) is 0 Å². The van der Waals surface area contributed by atoms with Gasteiger partial charge < -0.3 is 0 Å². The number of alkyl halides is 3. The zero-order chi connectivity index (χ0) is 25.3. The van der Waals surface area contributed by atoms with Gasteiger partial charge in [0.15, 0.2) is 5.69 Å². The number of hydrogen-bond acceptors (Lipinski definition) is 4. The number of carbonyl (C=O) groups excluding carboxylic acids is 1. The number of rotatable bonds is 6. The topological polar surface area (TPSA) is 93.1 Å². The summed E-state index contributed by atoms with van der Waals surface area (Å²) in [6, 6.07) is 13.2. The summed E-state index contributed by atoms with van der Waals surface area (Å²) in [5.74, 6) is -0.515. The van der Waals surface area contributed by atoms with E-state index in [-0.39, 0.29) is 28.1 Å². The molecule has 0 aliphatic carbocycles. The summed E-state index contributed by atoms with van der Waals surface area (Å²) in [5, 5.41) is 3.73. The third-order valence-corrected chi connectivity index (χ3v) is 6.35. The molecule has 0 bridgehead atoms. The monoisotopic (exact) mass is 494 g/mol. The minimum atomic E-state index is -4.66. The smallest absolute Gasteiger partial charge is 0.278 e. The van der Waals surface area contributed by atoms with E-state index in [2.05, 4.69) is 10.5 Å². The van der Waals surface area contributed by atoms with E-state index in [1.54, 1.807) is 19.1 Å². The lowest BCUT2D eigenvalue weighted by atomic mass is 9.86. The Morgan fingerprint density at radius 1 is 1.00 bits per heavy atom. The highest BCUT2D eigenvalue weighted by atomic mass is 32.2. The van der Waals surface area contributed by atoms with Crippen molar-refractivity contribution in [1.82, 2.24) is 20.0 Å². The third kappa shape index (κ3) is 5.65. The number of halogens is 3. The highest BCUT2D eigenvalue weighted by Gasteiger charge is 2.35. The van der Waals surface area contributed by atoms with Crippen LogP contribution in [0.1, 0.15) is 45.4 Å². The number of carbonyl (C=O) groups is 1. The number of hydrazine groups is 1. The SMILES string of the molecule is CCC(=O)NNS(=O)(=O)c1ccc(-n2nc(C(F)(F)F)cc2-c2ccc(C(C)(C)C)cc2)cc1. The molecule has 0 aliphatic heterocycles. The van der Waals surface area contributed by atoms with Crippen molar-refractivity contribution in [2.45, 2.75) is 50.6 Å².